The van der Waals surface area contributed by atoms with Gasteiger partial charge in [0.05, 0.1) is 11.9 Å². The van der Waals surface area contributed by atoms with E-state index >= 15 is 0 Å². The minimum Gasteiger partial charge on any atom is -0.311 e. The van der Waals surface area contributed by atoms with Gasteiger partial charge in [-0.25, -0.2) is 0 Å². The third kappa shape index (κ3) is 3.35. The highest BCUT2D eigenvalue weighted by Gasteiger charge is 2.12. The number of hydrogen-bond donors (Lipinski definition) is 0. The average Bonchev–Trinajstić information content (AvgIpc) is 2.30. The first-order valence-corrected chi connectivity index (χ1v) is 5.50. The number of unbranched alkanes of at least 4 members (excludes halogenated alkanes) is 1. The third-order valence-electron chi connectivity index (χ3n) is 2.30. The first kappa shape index (κ1) is 11.7. The topological polar surface area (TPSA) is 33.2 Å². The molecule has 1 rings (SSSR count). The lowest BCUT2D eigenvalue weighted by Crippen LogP contribution is -2.31. The summed E-state index contributed by atoms with van der Waals surface area (Å²) in [7, 11) is 0. The number of carbonyl (C=O) groups is 1. The Morgan fingerprint density at radius 3 is 2.80 bits per heavy atom. The minimum absolute atomic E-state index is 0.163. The molecular weight excluding hydrogens is 188 g/mol. The standard InChI is InChI=1S/C12H18N2O/c1-3-5-9-14(12(15)4-2)11-7-6-8-13-10-11/h6-8,10H,3-5,9H2,1-2H3. The molecule has 0 aromatic carbocycles. The Morgan fingerprint density at radius 2 is 2.27 bits per heavy atom. The summed E-state index contributed by atoms with van der Waals surface area (Å²) in [4.78, 5) is 17.6. The smallest absolute Gasteiger partial charge is 0.226 e. The number of pyridine rings is 1. The molecule has 1 aromatic heterocycles. The van der Waals surface area contributed by atoms with Gasteiger partial charge in [-0.3, -0.25) is 9.78 Å². The van der Waals surface area contributed by atoms with Crippen LogP contribution in [-0.2, 0) is 4.79 Å². The highest BCUT2D eigenvalue weighted by Crippen LogP contribution is 2.13. The predicted molar refractivity (Wildman–Crippen MR) is 61.8 cm³/mol. The summed E-state index contributed by atoms with van der Waals surface area (Å²) in [6, 6.07) is 3.79. The molecule has 1 amide bonds. The van der Waals surface area contributed by atoms with Gasteiger partial charge in [0, 0.05) is 19.2 Å². The highest BCUT2D eigenvalue weighted by molar-refractivity contribution is 5.92. The van der Waals surface area contributed by atoms with Crippen LogP contribution >= 0.6 is 0 Å². The number of aromatic nitrogens is 1. The summed E-state index contributed by atoms with van der Waals surface area (Å²) >= 11 is 0. The van der Waals surface area contributed by atoms with Gasteiger partial charge in [-0.05, 0) is 18.6 Å². The Morgan fingerprint density at radius 1 is 1.47 bits per heavy atom. The van der Waals surface area contributed by atoms with Crippen molar-refractivity contribution in [2.45, 2.75) is 33.1 Å². The molecule has 1 heterocycles. The SMILES string of the molecule is CCCCN(C(=O)CC)c1cccnc1. The summed E-state index contributed by atoms with van der Waals surface area (Å²) in [5, 5.41) is 0. The van der Waals surface area contributed by atoms with E-state index in [0.717, 1.165) is 25.1 Å². The second-order valence-electron chi connectivity index (χ2n) is 3.46. The minimum atomic E-state index is 0.163. The fraction of sp³-hybridized carbons (Fsp3) is 0.500. The molecule has 0 atom stereocenters. The van der Waals surface area contributed by atoms with Crippen LogP contribution in [0.5, 0.6) is 0 Å². The summed E-state index contributed by atoms with van der Waals surface area (Å²) in [5.41, 5.74) is 0.901. The number of nitrogens with zero attached hydrogens (tertiary/aromatic N) is 2. The van der Waals surface area contributed by atoms with Gasteiger partial charge >= 0.3 is 0 Å². The van der Waals surface area contributed by atoms with Crippen LogP contribution in [0.15, 0.2) is 24.5 Å². The quantitative estimate of drug-likeness (QED) is 0.742. The summed E-state index contributed by atoms with van der Waals surface area (Å²) in [6.07, 6.45) is 6.12. The third-order valence-corrected chi connectivity index (χ3v) is 2.30. The van der Waals surface area contributed by atoms with Gasteiger partial charge in [0.2, 0.25) is 5.91 Å². The molecule has 0 aliphatic carbocycles. The van der Waals surface area contributed by atoms with Gasteiger partial charge in [0.15, 0.2) is 0 Å². The summed E-state index contributed by atoms with van der Waals surface area (Å²) in [6.45, 7) is 4.80. The fourth-order valence-corrected chi connectivity index (χ4v) is 1.42. The van der Waals surface area contributed by atoms with E-state index in [1.54, 1.807) is 12.4 Å². The van der Waals surface area contributed by atoms with Gasteiger partial charge < -0.3 is 4.90 Å². The lowest BCUT2D eigenvalue weighted by molar-refractivity contribution is -0.118. The molecule has 0 spiro atoms. The van der Waals surface area contributed by atoms with Crippen LogP contribution in [0.3, 0.4) is 0 Å². The van der Waals surface area contributed by atoms with E-state index in [-0.39, 0.29) is 5.91 Å². The lowest BCUT2D eigenvalue weighted by atomic mass is 10.2. The highest BCUT2D eigenvalue weighted by atomic mass is 16.2. The summed E-state index contributed by atoms with van der Waals surface area (Å²) < 4.78 is 0. The van der Waals surface area contributed by atoms with E-state index in [2.05, 4.69) is 11.9 Å². The van der Waals surface area contributed by atoms with E-state index in [1.807, 2.05) is 24.0 Å². The Balaban J connectivity index is 2.76. The maximum Gasteiger partial charge on any atom is 0.226 e. The normalized spacial score (nSPS) is 10.0. The molecule has 0 radical (unpaired) electrons. The van der Waals surface area contributed by atoms with Crippen molar-refractivity contribution in [3.8, 4) is 0 Å². The molecule has 82 valence electrons. The fourth-order valence-electron chi connectivity index (χ4n) is 1.42. The Labute approximate surface area is 91.1 Å². The molecule has 3 nitrogen and oxygen atoms in total. The van der Waals surface area contributed by atoms with E-state index in [1.165, 1.54) is 0 Å². The maximum absolute atomic E-state index is 11.7. The van der Waals surface area contributed by atoms with Gasteiger partial charge in [-0.15, -0.1) is 0 Å². The van der Waals surface area contributed by atoms with Crippen LogP contribution < -0.4 is 4.90 Å². The maximum atomic E-state index is 11.7. The molecule has 0 bridgehead atoms. The number of anilines is 1. The van der Waals surface area contributed by atoms with Crippen molar-refractivity contribution < 1.29 is 4.79 Å². The first-order chi connectivity index (χ1) is 7.29. The monoisotopic (exact) mass is 206 g/mol. The zero-order chi connectivity index (χ0) is 11.1. The molecule has 0 saturated carbocycles. The largest absolute Gasteiger partial charge is 0.311 e. The molecule has 0 saturated heterocycles. The van der Waals surface area contributed by atoms with Crippen molar-refractivity contribution in [2.75, 3.05) is 11.4 Å². The van der Waals surface area contributed by atoms with Crippen LogP contribution in [-0.4, -0.2) is 17.4 Å². The van der Waals surface area contributed by atoms with Crippen LogP contribution in [0.4, 0.5) is 5.69 Å². The zero-order valence-electron chi connectivity index (χ0n) is 9.44. The number of carbonyl (C=O) groups excluding carboxylic acids is 1. The van der Waals surface area contributed by atoms with Crippen molar-refractivity contribution in [3.05, 3.63) is 24.5 Å². The van der Waals surface area contributed by atoms with Gasteiger partial charge in [0.25, 0.3) is 0 Å². The number of amides is 1. The van der Waals surface area contributed by atoms with Crippen molar-refractivity contribution in [2.24, 2.45) is 0 Å². The summed E-state index contributed by atoms with van der Waals surface area (Å²) in [5.74, 6) is 0.163. The molecule has 0 fully saturated rings. The van der Waals surface area contributed by atoms with E-state index < -0.39 is 0 Å². The molecule has 0 aliphatic rings. The number of rotatable bonds is 5. The van der Waals surface area contributed by atoms with Crippen LogP contribution in [0.25, 0.3) is 0 Å². The second kappa shape index (κ2) is 6.17. The molecule has 15 heavy (non-hydrogen) atoms. The first-order valence-electron chi connectivity index (χ1n) is 5.50. The molecule has 1 aromatic rings. The van der Waals surface area contributed by atoms with Crippen molar-refractivity contribution in [1.29, 1.82) is 0 Å². The molecule has 3 heteroatoms. The van der Waals surface area contributed by atoms with Crippen molar-refractivity contribution in [1.82, 2.24) is 4.98 Å². The van der Waals surface area contributed by atoms with Crippen LogP contribution in [0.1, 0.15) is 33.1 Å². The van der Waals surface area contributed by atoms with Crippen molar-refractivity contribution >= 4 is 11.6 Å². The van der Waals surface area contributed by atoms with E-state index in [0.29, 0.717) is 6.42 Å². The van der Waals surface area contributed by atoms with E-state index in [4.69, 9.17) is 0 Å². The Hall–Kier alpha value is -1.38. The number of hydrogen-bond acceptors (Lipinski definition) is 2. The molecule has 0 unspecified atom stereocenters. The van der Waals surface area contributed by atoms with Gasteiger partial charge in [-0.1, -0.05) is 20.3 Å². The molecule has 0 N–H and O–H groups in total. The predicted octanol–water partition coefficient (Wildman–Crippen LogP) is 2.62. The lowest BCUT2D eigenvalue weighted by Gasteiger charge is -2.21. The van der Waals surface area contributed by atoms with Crippen LogP contribution in [0.2, 0.25) is 0 Å². The Bertz CT molecular complexity index is 298. The zero-order valence-corrected chi connectivity index (χ0v) is 9.44. The van der Waals surface area contributed by atoms with Gasteiger partial charge in [0.1, 0.15) is 0 Å². The Kier molecular flexibility index (Phi) is 4.81. The van der Waals surface area contributed by atoms with Crippen LogP contribution in [0, 0.1) is 0 Å². The van der Waals surface area contributed by atoms with Gasteiger partial charge in [-0.2, -0.15) is 0 Å². The second-order valence-corrected chi connectivity index (χ2v) is 3.46. The van der Waals surface area contributed by atoms with E-state index in [9.17, 15) is 4.79 Å². The average molecular weight is 206 g/mol. The molecule has 0 aliphatic heterocycles. The van der Waals surface area contributed by atoms with Crippen molar-refractivity contribution in [3.63, 3.8) is 0 Å². The molecular formula is C12H18N2O.